The predicted molar refractivity (Wildman–Crippen MR) is 154 cm³/mol. The highest BCUT2D eigenvalue weighted by Gasteiger charge is 2.56. The summed E-state index contributed by atoms with van der Waals surface area (Å²) in [6, 6.07) is 6.03. The molecule has 3 saturated heterocycles. The Kier molecular flexibility index (Phi) is 12.4. The minimum absolute atomic E-state index is 0.0479. The van der Waals surface area contributed by atoms with Crippen LogP contribution in [0.1, 0.15) is 44.5 Å². The van der Waals surface area contributed by atoms with Gasteiger partial charge < -0.3 is 52.5 Å². The number of Topliss-reactive ketones (excluding diaryl/α,β-unsaturated/α-hetero) is 1. The van der Waals surface area contributed by atoms with Gasteiger partial charge in [0, 0.05) is 33.6 Å². The van der Waals surface area contributed by atoms with Gasteiger partial charge in [0.2, 0.25) is 6.29 Å². The van der Waals surface area contributed by atoms with Crippen LogP contribution in [0.3, 0.4) is 0 Å². The van der Waals surface area contributed by atoms with Gasteiger partial charge in [-0.15, -0.1) is 0 Å². The van der Waals surface area contributed by atoms with E-state index in [2.05, 4.69) is 0 Å². The second-order valence-electron chi connectivity index (χ2n) is 11.2. The number of ether oxygens (including phenoxy) is 10. The Bertz CT molecular complexity index is 1340. The summed E-state index contributed by atoms with van der Waals surface area (Å²) in [5.74, 6) is -6.20. The van der Waals surface area contributed by atoms with Crippen LogP contribution in [0.25, 0.3) is 0 Å². The van der Waals surface area contributed by atoms with Crippen LogP contribution < -0.4 is 4.74 Å². The molecule has 10 atom stereocenters. The van der Waals surface area contributed by atoms with E-state index in [9.17, 15) is 33.9 Å². The maximum atomic E-state index is 13.4. The average Bonchev–Trinajstić information content (AvgIpc) is 3.14. The van der Waals surface area contributed by atoms with Crippen molar-refractivity contribution in [1.29, 1.82) is 0 Å². The molecular formula is C31H38O17. The van der Waals surface area contributed by atoms with Crippen LogP contribution in [-0.2, 0) is 66.6 Å². The largest absolute Gasteiger partial charge is 0.497 e. The first-order chi connectivity index (χ1) is 22.8. The van der Waals surface area contributed by atoms with Crippen molar-refractivity contribution in [1.82, 2.24) is 0 Å². The Labute approximate surface area is 274 Å². The van der Waals surface area contributed by atoms with E-state index in [1.807, 2.05) is 0 Å². The van der Waals surface area contributed by atoms with E-state index in [0.29, 0.717) is 5.75 Å². The molecule has 0 unspecified atom stereocenters. The van der Waals surface area contributed by atoms with Gasteiger partial charge in [0.25, 0.3) is 0 Å². The van der Waals surface area contributed by atoms with E-state index < -0.39 is 110 Å². The SMILES string of the molecule is COc1ccc(C(=O)O[C@H]2[C@@H]3CCO[C@@H](O[C@@H]4O[C@H](COC(C)=O)[C@@H](OC(C)=O)[C@H](OC(C)=O)[C@H]4OC(C)=O)[C@@H]3C(=O)CO[C@H]2O)cc1. The first-order valence-corrected chi connectivity index (χ1v) is 15.0. The molecule has 3 aliphatic heterocycles. The van der Waals surface area contributed by atoms with Crippen LogP contribution in [0, 0.1) is 11.8 Å². The summed E-state index contributed by atoms with van der Waals surface area (Å²) in [4.78, 5) is 74.6. The molecule has 1 aromatic rings. The lowest BCUT2D eigenvalue weighted by Gasteiger charge is -2.46. The third kappa shape index (κ3) is 9.04. The van der Waals surface area contributed by atoms with Crippen molar-refractivity contribution in [3.8, 4) is 5.75 Å². The fourth-order valence-corrected chi connectivity index (χ4v) is 5.75. The minimum atomic E-state index is -1.68. The molecule has 0 bridgehead atoms. The third-order valence-electron chi connectivity index (χ3n) is 7.74. The highest BCUT2D eigenvalue weighted by molar-refractivity contribution is 5.90. The van der Waals surface area contributed by atoms with Crippen LogP contribution in [-0.4, -0.2) is 117 Å². The fraction of sp³-hybridized carbons (Fsp3) is 0.613. The molecule has 0 amide bonds. The van der Waals surface area contributed by atoms with Crippen LogP contribution in [0.2, 0.25) is 0 Å². The highest BCUT2D eigenvalue weighted by atomic mass is 16.8. The third-order valence-corrected chi connectivity index (χ3v) is 7.74. The average molecular weight is 683 g/mol. The zero-order valence-electron chi connectivity index (χ0n) is 26.9. The first kappa shape index (κ1) is 36.7. The summed E-state index contributed by atoms with van der Waals surface area (Å²) in [6.07, 6.45) is -11.9. The van der Waals surface area contributed by atoms with Crippen molar-refractivity contribution >= 4 is 35.6 Å². The van der Waals surface area contributed by atoms with Crippen molar-refractivity contribution in [2.75, 3.05) is 26.9 Å². The van der Waals surface area contributed by atoms with Crippen molar-refractivity contribution in [3.05, 3.63) is 29.8 Å². The summed E-state index contributed by atoms with van der Waals surface area (Å²) in [5, 5.41) is 10.8. The summed E-state index contributed by atoms with van der Waals surface area (Å²) < 4.78 is 55.4. The minimum Gasteiger partial charge on any atom is -0.497 e. The van der Waals surface area contributed by atoms with Crippen LogP contribution in [0.4, 0.5) is 0 Å². The monoisotopic (exact) mass is 682 g/mol. The maximum absolute atomic E-state index is 13.4. The van der Waals surface area contributed by atoms with Gasteiger partial charge >= 0.3 is 29.8 Å². The Morgan fingerprint density at radius 3 is 2.02 bits per heavy atom. The molecule has 0 spiro atoms. The van der Waals surface area contributed by atoms with E-state index in [-0.39, 0.29) is 18.6 Å². The first-order valence-electron chi connectivity index (χ1n) is 15.0. The second-order valence-corrected chi connectivity index (χ2v) is 11.2. The van der Waals surface area contributed by atoms with Gasteiger partial charge in [0.05, 0.1) is 25.2 Å². The van der Waals surface area contributed by atoms with Crippen LogP contribution in [0.15, 0.2) is 24.3 Å². The molecule has 0 radical (unpaired) electrons. The number of carbonyl (C=O) groups excluding carboxylic acids is 6. The summed E-state index contributed by atoms with van der Waals surface area (Å²) in [7, 11) is 1.47. The Balaban J connectivity index is 1.65. The molecule has 0 aromatic heterocycles. The topological polar surface area (TPSA) is 215 Å². The molecule has 3 aliphatic rings. The van der Waals surface area contributed by atoms with E-state index in [1.54, 1.807) is 12.1 Å². The number of aliphatic hydroxyl groups is 1. The molecule has 48 heavy (non-hydrogen) atoms. The second kappa shape index (κ2) is 16.3. The molecular weight excluding hydrogens is 644 g/mol. The Hall–Kier alpha value is -4.16. The number of esters is 5. The van der Waals surface area contributed by atoms with Gasteiger partial charge in [0.15, 0.2) is 42.8 Å². The molecule has 3 fully saturated rings. The van der Waals surface area contributed by atoms with E-state index in [0.717, 1.165) is 27.7 Å². The maximum Gasteiger partial charge on any atom is 0.338 e. The summed E-state index contributed by atoms with van der Waals surface area (Å²) >= 11 is 0. The van der Waals surface area contributed by atoms with Gasteiger partial charge in [-0.2, -0.15) is 0 Å². The lowest BCUT2D eigenvalue weighted by atomic mass is 9.80. The van der Waals surface area contributed by atoms with Gasteiger partial charge in [-0.1, -0.05) is 0 Å². The summed E-state index contributed by atoms with van der Waals surface area (Å²) in [5.41, 5.74) is 0.146. The van der Waals surface area contributed by atoms with Gasteiger partial charge in [-0.3, -0.25) is 24.0 Å². The lowest BCUT2D eigenvalue weighted by Crippen LogP contribution is -2.64. The van der Waals surface area contributed by atoms with Crippen molar-refractivity contribution in [2.45, 2.75) is 83.5 Å². The standard InChI is InChI=1S/C31H38O17/c1-14(32)41-13-22-25(43-15(2)33)26(44-16(3)34)27(45-17(4)35)31(46-22)48-30-23-20(10-11-40-30)24(29(38)42-12-21(23)36)47-28(37)18-6-8-19(39-5)9-7-18/h6-9,20,22-27,29-31,38H,10-13H2,1-5H3/t20-,22-,23+,24+,25-,26+,27-,29-,30+,31+/m1/s1. The number of hydrogen-bond acceptors (Lipinski definition) is 17. The van der Waals surface area contributed by atoms with E-state index in [4.69, 9.17) is 47.4 Å². The number of methoxy groups -OCH3 is 1. The highest BCUT2D eigenvalue weighted by Crippen LogP contribution is 2.39. The molecule has 1 N–H and O–H groups in total. The number of benzene rings is 1. The zero-order chi connectivity index (χ0) is 35.1. The molecule has 0 aliphatic carbocycles. The molecule has 4 rings (SSSR count). The molecule has 0 saturated carbocycles. The van der Waals surface area contributed by atoms with Gasteiger partial charge in [0.1, 0.15) is 25.1 Å². The van der Waals surface area contributed by atoms with Gasteiger partial charge in [-0.25, -0.2) is 4.79 Å². The van der Waals surface area contributed by atoms with Crippen molar-refractivity contribution in [3.63, 3.8) is 0 Å². The summed E-state index contributed by atoms with van der Waals surface area (Å²) in [6.45, 7) is 3.20. The fourth-order valence-electron chi connectivity index (χ4n) is 5.75. The number of hydrogen-bond donors (Lipinski definition) is 1. The quantitative estimate of drug-likeness (QED) is 0.258. The normalized spacial score (nSPS) is 31.7. The lowest BCUT2D eigenvalue weighted by molar-refractivity contribution is -0.352. The number of rotatable bonds is 10. The number of ketones is 1. The number of fused-ring (bicyclic) bond motifs is 1. The van der Waals surface area contributed by atoms with E-state index in [1.165, 1.54) is 19.2 Å². The number of aliphatic hydroxyl groups excluding tert-OH is 1. The molecule has 17 heteroatoms. The smallest absolute Gasteiger partial charge is 0.338 e. The zero-order valence-corrected chi connectivity index (χ0v) is 26.9. The molecule has 3 heterocycles. The van der Waals surface area contributed by atoms with Crippen molar-refractivity contribution in [2.24, 2.45) is 11.8 Å². The Morgan fingerprint density at radius 2 is 1.42 bits per heavy atom. The van der Waals surface area contributed by atoms with Crippen LogP contribution in [0.5, 0.6) is 5.75 Å². The van der Waals surface area contributed by atoms with E-state index >= 15 is 0 Å². The van der Waals surface area contributed by atoms with Gasteiger partial charge in [-0.05, 0) is 30.7 Å². The molecule has 1 aromatic carbocycles. The Morgan fingerprint density at radius 1 is 0.792 bits per heavy atom. The number of carbonyl (C=O) groups is 6. The predicted octanol–water partition coefficient (Wildman–Crippen LogP) is 0.217. The molecule has 17 nitrogen and oxygen atoms in total. The molecule has 264 valence electrons. The van der Waals surface area contributed by atoms with Crippen LogP contribution >= 0.6 is 0 Å². The van der Waals surface area contributed by atoms with Crippen molar-refractivity contribution < 1.29 is 81.2 Å².